The van der Waals surface area contributed by atoms with Gasteiger partial charge in [0.1, 0.15) is 12.0 Å². The van der Waals surface area contributed by atoms with Crippen LogP contribution in [0.15, 0.2) is 12.3 Å². The normalized spacial score (nSPS) is 20.7. The molecule has 2 saturated heterocycles. The minimum absolute atomic E-state index is 0.0454. The summed E-state index contributed by atoms with van der Waals surface area (Å²) in [5.41, 5.74) is 0.895. The number of hydrogen-bond donors (Lipinski definition) is 0. The van der Waals surface area contributed by atoms with Gasteiger partial charge in [-0.05, 0) is 38.2 Å². The van der Waals surface area contributed by atoms with Crippen LogP contribution in [0.3, 0.4) is 0 Å². The zero-order valence-electron chi connectivity index (χ0n) is 13.4. The lowest BCUT2D eigenvalue weighted by Gasteiger charge is -2.35. The second-order valence-corrected chi connectivity index (χ2v) is 6.23. The number of rotatable bonds is 4. The molecule has 7 nitrogen and oxygen atoms in total. The Labute approximate surface area is 135 Å². The Bertz CT molecular complexity index is 552. The topological polar surface area (TPSA) is 77.7 Å². The molecule has 0 atom stereocenters. The average Bonchev–Trinajstić information content (AvgIpc) is 2.56. The second-order valence-electron chi connectivity index (χ2n) is 6.23. The molecule has 0 saturated carbocycles. The molecule has 126 valence electrons. The molecular formula is C16H23N3O4. The van der Waals surface area contributed by atoms with Gasteiger partial charge in [0.2, 0.25) is 0 Å². The van der Waals surface area contributed by atoms with E-state index in [2.05, 4.69) is 9.88 Å². The predicted molar refractivity (Wildman–Crippen MR) is 85.8 cm³/mol. The first kappa shape index (κ1) is 16.1. The smallest absolute Gasteiger partial charge is 0.287 e. The molecule has 0 aliphatic carbocycles. The number of aryl methyl sites for hydroxylation is 1. The van der Waals surface area contributed by atoms with Crippen molar-refractivity contribution in [3.63, 3.8) is 0 Å². The summed E-state index contributed by atoms with van der Waals surface area (Å²) in [6.45, 7) is 5.23. The second kappa shape index (κ2) is 7.23. The van der Waals surface area contributed by atoms with Crippen LogP contribution < -0.4 is 4.90 Å². The van der Waals surface area contributed by atoms with Crippen molar-refractivity contribution in [3.05, 3.63) is 27.9 Å². The zero-order valence-corrected chi connectivity index (χ0v) is 13.4. The number of ether oxygens (including phenoxy) is 2. The highest BCUT2D eigenvalue weighted by Gasteiger charge is 2.25. The van der Waals surface area contributed by atoms with Crippen molar-refractivity contribution in [3.8, 4) is 0 Å². The van der Waals surface area contributed by atoms with Crippen molar-refractivity contribution < 1.29 is 14.4 Å². The summed E-state index contributed by atoms with van der Waals surface area (Å²) in [4.78, 5) is 16.9. The van der Waals surface area contributed by atoms with Crippen molar-refractivity contribution in [1.82, 2.24) is 4.98 Å². The molecule has 0 amide bonds. The van der Waals surface area contributed by atoms with Gasteiger partial charge >= 0.3 is 0 Å². The van der Waals surface area contributed by atoms with Gasteiger partial charge in [-0.1, -0.05) is 0 Å². The van der Waals surface area contributed by atoms with Gasteiger partial charge in [-0.3, -0.25) is 10.1 Å². The van der Waals surface area contributed by atoms with Crippen molar-refractivity contribution in [2.45, 2.75) is 44.8 Å². The number of piperidine rings is 1. The summed E-state index contributed by atoms with van der Waals surface area (Å²) in [6, 6.07) is 1.59. The molecule has 3 rings (SSSR count). The molecule has 0 unspecified atom stereocenters. The third kappa shape index (κ3) is 3.97. The summed E-state index contributed by atoms with van der Waals surface area (Å²) in [5, 5.41) is 10.8. The number of anilines is 1. The van der Waals surface area contributed by atoms with Crippen LogP contribution >= 0.6 is 0 Å². The van der Waals surface area contributed by atoms with Crippen LogP contribution in [0, 0.1) is 17.0 Å². The number of hydrogen-bond acceptors (Lipinski definition) is 6. The molecule has 3 heterocycles. The van der Waals surface area contributed by atoms with Gasteiger partial charge in [0.05, 0.1) is 17.1 Å². The Morgan fingerprint density at radius 2 is 1.91 bits per heavy atom. The molecule has 2 aliphatic heterocycles. The van der Waals surface area contributed by atoms with Gasteiger partial charge < -0.3 is 14.4 Å². The maximum atomic E-state index is 10.8. The van der Waals surface area contributed by atoms with Crippen LogP contribution in [0.5, 0.6) is 0 Å². The van der Waals surface area contributed by atoms with Gasteiger partial charge in [-0.15, -0.1) is 0 Å². The Morgan fingerprint density at radius 3 is 2.52 bits per heavy atom. The minimum atomic E-state index is -0.405. The highest BCUT2D eigenvalue weighted by atomic mass is 16.6. The minimum Gasteiger partial charge on any atom is -0.381 e. The molecule has 1 aromatic rings. The van der Waals surface area contributed by atoms with E-state index in [-0.39, 0.29) is 5.69 Å². The Morgan fingerprint density at radius 1 is 1.26 bits per heavy atom. The van der Waals surface area contributed by atoms with Gasteiger partial charge in [0, 0.05) is 32.4 Å². The molecule has 23 heavy (non-hydrogen) atoms. The lowest BCUT2D eigenvalue weighted by molar-refractivity contribution is -0.385. The van der Waals surface area contributed by atoms with Gasteiger partial charge in [-0.25, -0.2) is 4.98 Å². The lowest BCUT2D eigenvalue weighted by atomic mass is 10.1. The third-order valence-electron chi connectivity index (χ3n) is 4.54. The van der Waals surface area contributed by atoms with Crippen molar-refractivity contribution in [1.29, 1.82) is 0 Å². The van der Waals surface area contributed by atoms with Crippen molar-refractivity contribution in [2.24, 2.45) is 0 Å². The van der Waals surface area contributed by atoms with E-state index in [9.17, 15) is 10.1 Å². The first-order valence-electron chi connectivity index (χ1n) is 8.22. The van der Waals surface area contributed by atoms with Crippen molar-refractivity contribution in [2.75, 3.05) is 31.2 Å². The average molecular weight is 321 g/mol. The van der Waals surface area contributed by atoms with Crippen LogP contribution in [-0.2, 0) is 9.47 Å². The summed E-state index contributed by atoms with van der Waals surface area (Å²) >= 11 is 0. The number of nitro groups is 1. The first-order valence-corrected chi connectivity index (χ1v) is 8.22. The Hall–Kier alpha value is -1.73. The lowest BCUT2D eigenvalue weighted by Crippen LogP contribution is -2.40. The number of pyridine rings is 1. The maximum Gasteiger partial charge on any atom is 0.287 e. The summed E-state index contributed by atoms with van der Waals surface area (Å²) in [7, 11) is 0. The molecule has 0 N–H and O–H groups in total. The van der Waals surface area contributed by atoms with Crippen LogP contribution in [0.4, 0.5) is 11.5 Å². The van der Waals surface area contributed by atoms with Crippen LogP contribution in [0.25, 0.3) is 0 Å². The van der Waals surface area contributed by atoms with Crippen LogP contribution in [-0.4, -0.2) is 48.4 Å². The fraction of sp³-hybridized carbons (Fsp3) is 0.688. The quantitative estimate of drug-likeness (QED) is 0.626. The zero-order chi connectivity index (χ0) is 16.2. The number of nitrogens with zero attached hydrogens (tertiary/aromatic N) is 3. The standard InChI is InChI=1S/C16H23N3O4/c1-12-10-13(19(20)21)11-17-16(12)18-6-2-14(3-7-18)23-15-4-8-22-9-5-15/h10-11,14-15H,2-9H2,1H3. The highest BCUT2D eigenvalue weighted by molar-refractivity contribution is 5.50. The SMILES string of the molecule is Cc1cc([N+](=O)[O-])cnc1N1CCC(OC2CCOCC2)CC1. The van der Waals surface area contributed by atoms with Crippen molar-refractivity contribution >= 4 is 11.5 Å². The predicted octanol–water partition coefficient (Wildman–Crippen LogP) is 2.46. The fourth-order valence-corrected chi connectivity index (χ4v) is 3.27. The highest BCUT2D eigenvalue weighted by Crippen LogP contribution is 2.26. The molecule has 2 aliphatic rings. The van der Waals surface area contributed by atoms with E-state index in [0.29, 0.717) is 12.2 Å². The van der Waals surface area contributed by atoms with E-state index < -0.39 is 4.92 Å². The fourth-order valence-electron chi connectivity index (χ4n) is 3.27. The molecule has 0 spiro atoms. The van der Waals surface area contributed by atoms with E-state index in [1.54, 1.807) is 6.07 Å². The summed E-state index contributed by atoms with van der Waals surface area (Å²) in [5.74, 6) is 0.847. The van der Waals surface area contributed by atoms with Gasteiger partial charge in [0.25, 0.3) is 5.69 Å². The van der Waals surface area contributed by atoms with E-state index in [0.717, 1.165) is 63.4 Å². The van der Waals surface area contributed by atoms with Gasteiger partial charge in [-0.2, -0.15) is 0 Å². The van der Waals surface area contributed by atoms with Crippen LogP contribution in [0.1, 0.15) is 31.2 Å². The van der Waals surface area contributed by atoms with E-state index in [4.69, 9.17) is 9.47 Å². The Kier molecular flexibility index (Phi) is 5.07. The molecule has 0 aromatic carbocycles. The summed E-state index contributed by atoms with van der Waals surface area (Å²) in [6.07, 6.45) is 5.89. The molecular weight excluding hydrogens is 298 g/mol. The number of aromatic nitrogens is 1. The van der Waals surface area contributed by atoms with Gasteiger partial charge in [0.15, 0.2) is 0 Å². The molecule has 0 bridgehead atoms. The third-order valence-corrected chi connectivity index (χ3v) is 4.54. The monoisotopic (exact) mass is 321 g/mol. The summed E-state index contributed by atoms with van der Waals surface area (Å²) < 4.78 is 11.5. The molecule has 1 aromatic heterocycles. The maximum absolute atomic E-state index is 10.8. The van der Waals surface area contributed by atoms with E-state index in [1.807, 2.05) is 6.92 Å². The van der Waals surface area contributed by atoms with E-state index >= 15 is 0 Å². The molecule has 2 fully saturated rings. The first-order chi connectivity index (χ1) is 11.1. The van der Waals surface area contributed by atoms with E-state index in [1.165, 1.54) is 6.20 Å². The van der Waals surface area contributed by atoms with Crippen LogP contribution in [0.2, 0.25) is 0 Å². The molecule has 7 heteroatoms. The largest absolute Gasteiger partial charge is 0.381 e. The Balaban J connectivity index is 1.55. The molecule has 0 radical (unpaired) electrons.